The fourth-order valence-corrected chi connectivity index (χ4v) is 2.36. The lowest BCUT2D eigenvalue weighted by Gasteiger charge is -2.46. The van der Waals surface area contributed by atoms with Gasteiger partial charge in [0.15, 0.2) is 0 Å². The first-order chi connectivity index (χ1) is 6.23. The van der Waals surface area contributed by atoms with Crippen molar-refractivity contribution in [2.75, 3.05) is 0 Å². The van der Waals surface area contributed by atoms with Crippen molar-refractivity contribution in [3.8, 4) is 0 Å². The summed E-state index contributed by atoms with van der Waals surface area (Å²) >= 11 is 0. The van der Waals surface area contributed by atoms with Crippen LogP contribution < -0.4 is 0 Å². The topological polar surface area (TPSA) is 20.2 Å². The SMILES string of the molecule is CCCCC1CCC1(O)CCCC. The quantitative estimate of drug-likeness (QED) is 0.669. The minimum atomic E-state index is -0.259. The second kappa shape index (κ2) is 4.99. The van der Waals surface area contributed by atoms with Crippen LogP contribution in [-0.2, 0) is 0 Å². The number of hydrogen-bond acceptors (Lipinski definition) is 1. The van der Waals surface area contributed by atoms with Crippen LogP contribution in [0.3, 0.4) is 0 Å². The lowest BCUT2D eigenvalue weighted by atomic mass is 9.65. The van der Waals surface area contributed by atoms with Crippen LogP contribution in [0.25, 0.3) is 0 Å². The highest BCUT2D eigenvalue weighted by molar-refractivity contribution is 4.95. The average molecular weight is 184 g/mol. The molecule has 0 heterocycles. The molecule has 13 heavy (non-hydrogen) atoms. The maximum absolute atomic E-state index is 10.2. The fraction of sp³-hybridized carbons (Fsp3) is 1.00. The Morgan fingerprint density at radius 1 is 1.23 bits per heavy atom. The molecule has 2 atom stereocenters. The van der Waals surface area contributed by atoms with E-state index in [4.69, 9.17) is 0 Å². The van der Waals surface area contributed by atoms with Crippen LogP contribution in [0, 0.1) is 5.92 Å². The van der Waals surface area contributed by atoms with E-state index in [0.29, 0.717) is 5.92 Å². The van der Waals surface area contributed by atoms with E-state index < -0.39 is 0 Å². The molecule has 0 aliphatic heterocycles. The van der Waals surface area contributed by atoms with Gasteiger partial charge in [-0.25, -0.2) is 0 Å². The number of aliphatic hydroxyl groups is 1. The van der Waals surface area contributed by atoms with Crippen LogP contribution in [0.1, 0.15) is 65.2 Å². The van der Waals surface area contributed by atoms with Crippen LogP contribution >= 0.6 is 0 Å². The zero-order valence-corrected chi connectivity index (χ0v) is 9.18. The average Bonchev–Trinajstić information content (AvgIpc) is 2.13. The summed E-state index contributed by atoms with van der Waals surface area (Å²) < 4.78 is 0. The van der Waals surface area contributed by atoms with Crippen molar-refractivity contribution in [2.24, 2.45) is 5.92 Å². The molecule has 0 bridgehead atoms. The molecular formula is C12H24O. The molecule has 0 aromatic heterocycles. The highest BCUT2D eigenvalue weighted by Gasteiger charge is 2.43. The summed E-state index contributed by atoms with van der Waals surface area (Å²) in [6, 6.07) is 0. The van der Waals surface area contributed by atoms with E-state index in [0.717, 1.165) is 12.8 Å². The van der Waals surface area contributed by atoms with E-state index in [1.165, 1.54) is 38.5 Å². The molecule has 1 saturated carbocycles. The fourth-order valence-electron chi connectivity index (χ4n) is 2.36. The molecule has 0 radical (unpaired) electrons. The molecule has 2 unspecified atom stereocenters. The summed E-state index contributed by atoms with van der Waals surface area (Å²) in [6.07, 6.45) is 9.57. The van der Waals surface area contributed by atoms with E-state index in [1.54, 1.807) is 0 Å². The van der Waals surface area contributed by atoms with Crippen LogP contribution in [0.5, 0.6) is 0 Å². The number of rotatable bonds is 6. The molecule has 78 valence electrons. The van der Waals surface area contributed by atoms with Gasteiger partial charge in [0.25, 0.3) is 0 Å². The second-order valence-corrected chi connectivity index (χ2v) is 4.58. The van der Waals surface area contributed by atoms with Crippen LogP contribution in [0.15, 0.2) is 0 Å². The van der Waals surface area contributed by atoms with Gasteiger partial charge in [-0.1, -0.05) is 39.5 Å². The molecule has 1 heteroatoms. The third-order valence-electron chi connectivity index (χ3n) is 3.56. The molecule has 1 aliphatic carbocycles. The first-order valence-electron chi connectivity index (χ1n) is 5.95. The van der Waals surface area contributed by atoms with E-state index in [9.17, 15) is 5.11 Å². The van der Waals surface area contributed by atoms with E-state index >= 15 is 0 Å². The van der Waals surface area contributed by atoms with Crippen molar-refractivity contribution in [3.05, 3.63) is 0 Å². The Morgan fingerprint density at radius 2 is 1.92 bits per heavy atom. The lowest BCUT2D eigenvalue weighted by Crippen LogP contribution is -2.46. The smallest absolute Gasteiger partial charge is 0.0676 e. The molecule has 1 nitrogen and oxygen atoms in total. The van der Waals surface area contributed by atoms with Crippen molar-refractivity contribution < 1.29 is 5.11 Å². The molecule has 0 aromatic carbocycles. The van der Waals surface area contributed by atoms with Crippen molar-refractivity contribution >= 4 is 0 Å². The Labute approximate surface area is 82.5 Å². The molecule has 1 N–H and O–H groups in total. The summed E-state index contributed by atoms with van der Waals surface area (Å²) in [5, 5.41) is 10.2. The second-order valence-electron chi connectivity index (χ2n) is 4.58. The molecule has 1 fully saturated rings. The Bertz CT molecular complexity index is 144. The Morgan fingerprint density at radius 3 is 2.38 bits per heavy atom. The zero-order chi connectivity index (χ0) is 9.73. The summed E-state index contributed by atoms with van der Waals surface area (Å²) in [6.45, 7) is 4.42. The number of hydrogen-bond donors (Lipinski definition) is 1. The Balaban J connectivity index is 2.23. The van der Waals surface area contributed by atoms with E-state index in [1.807, 2.05) is 0 Å². The van der Waals surface area contributed by atoms with Gasteiger partial charge in [-0.3, -0.25) is 0 Å². The highest BCUT2D eigenvalue weighted by atomic mass is 16.3. The first kappa shape index (κ1) is 11.0. The summed E-state index contributed by atoms with van der Waals surface area (Å²) in [4.78, 5) is 0. The Kier molecular flexibility index (Phi) is 4.24. The lowest BCUT2D eigenvalue weighted by molar-refractivity contribution is -0.105. The first-order valence-corrected chi connectivity index (χ1v) is 5.95. The van der Waals surface area contributed by atoms with Gasteiger partial charge in [0.2, 0.25) is 0 Å². The summed E-state index contributed by atoms with van der Waals surface area (Å²) in [5.74, 6) is 0.624. The standard InChI is InChI=1S/C12H24O/c1-3-5-7-11-8-10-12(11,13)9-6-4-2/h11,13H,3-10H2,1-2H3. The van der Waals surface area contributed by atoms with Gasteiger partial charge in [0, 0.05) is 0 Å². The van der Waals surface area contributed by atoms with Gasteiger partial charge >= 0.3 is 0 Å². The van der Waals surface area contributed by atoms with Gasteiger partial charge in [-0.2, -0.15) is 0 Å². The van der Waals surface area contributed by atoms with Gasteiger partial charge in [0.05, 0.1) is 5.60 Å². The monoisotopic (exact) mass is 184 g/mol. The van der Waals surface area contributed by atoms with Gasteiger partial charge in [0.1, 0.15) is 0 Å². The highest BCUT2D eigenvalue weighted by Crippen LogP contribution is 2.44. The van der Waals surface area contributed by atoms with Crippen LogP contribution in [0.4, 0.5) is 0 Å². The van der Waals surface area contributed by atoms with E-state index in [-0.39, 0.29) is 5.60 Å². The predicted octanol–water partition coefficient (Wildman–Crippen LogP) is 3.51. The summed E-state index contributed by atoms with van der Waals surface area (Å²) in [5.41, 5.74) is -0.259. The summed E-state index contributed by atoms with van der Waals surface area (Å²) in [7, 11) is 0. The molecule has 0 saturated heterocycles. The molecule has 0 aromatic rings. The Hall–Kier alpha value is -0.0400. The van der Waals surface area contributed by atoms with E-state index in [2.05, 4.69) is 13.8 Å². The zero-order valence-electron chi connectivity index (χ0n) is 9.18. The third-order valence-corrected chi connectivity index (χ3v) is 3.56. The predicted molar refractivity (Wildman–Crippen MR) is 56.7 cm³/mol. The van der Waals surface area contributed by atoms with Crippen molar-refractivity contribution in [2.45, 2.75) is 70.8 Å². The van der Waals surface area contributed by atoms with Crippen LogP contribution in [-0.4, -0.2) is 10.7 Å². The molecule has 0 amide bonds. The molecule has 1 rings (SSSR count). The van der Waals surface area contributed by atoms with Gasteiger partial charge in [-0.15, -0.1) is 0 Å². The van der Waals surface area contributed by atoms with Crippen LogP contribution in [0.2, 0.25) is 0 Å². The minimum absolute atomic E-state index is 0.259. The minimum Gasteiger partial charge on any atom is -0.390 e. The molecular weight excluding hydrogens is 160 g/mol. The van der Waals surface area contributed by atoms with Gasteiger partial charge in [-0.05, 0) is 31.6 Å². The van der Waals surface area contributed by atoms with Gasteiger partial charge < -0.3 is 5.11 Å². The molecule has 1 aliphatic rings. The third kappa shape index (κ3) is 2.70. The largest absolute Gasteiger partial charge is 0.390 e. The van der Waals surface area contributed by atoms with Crippen molar-refractivity contribution in [3.63, 3.8) is 0 Å². The molecule has 0 spiro atoms. The van der Waals surface area contributed by atoms with Crippen molar-refractivity contribution in [1.82, 2.24) is 0 Å². The maximum Gasteiger partial charge on any atom is 0.0676 e. The van der Waals surface area contributed by atoms with Crippen molar-refractivity contribution in [1.29, 1.82) is 0 Å². The number of unbranched alkanes of at least 4 members (excludes halogenated alkanes) is 2. The maximum atomic E-state index is 10.2. The normalized spacial score (nSPS) is 33.0.